The number of hydrogen-bond donors (Lipinski definition) is 1. The highest BCUT2D eigenvalue weighted by molar-refractivity contribution is 7.89. The Morgan fingerprint density at radius 3 is 2.17 bits per heavy atom. The Hall–Kier alpha value is -3.00. The van der Waals surface area contributed by atoms with Crippen LogP contribution in [0.15, 0.2) is 89.8 Å². The smallest absolute Gasteiger partial charge is 0.321 e. The van der Waals surface area contributed by atoms with Crippen LogP contribution in [0.1, 0.15) is 43.4 Å². The Morgan fingerprint density at radius 2 is 1.56 bits per heavy atom. The van der Waals surface area contributed by atoms with Gasteiger partial charge in [-0.2, -0.15) is 4.31 Å². The molecule has 0 amide bonds. The van der Waals surface area contributed by atoms with Crippen molar-refractivity contribution in [2.75, 3.05) is 6.54 Å². The van der Waals surface area contributed by atoms with Crippen LogP contribution in [0.2, 0.25) is 0 Å². The number of carbonyl (C=O) groups excluding carboxylic acids is 1. The highest BCUT2D eigenvalue weighted by Gasteiger charge is 2.54. The molecule has 0 aromatic heterocycles. The van der Waals surface area contributed by atoms with Crippen LogP contribution in [0.5, 0.6) is 0 Å². The minimum absolute atomic E-state index is 0.0557. The van der Waals surface area contributed by atoms with E-state index in [-0.39, 0.29) is 17.9 Å². The topological polar surface area (TPSA) is 83.9 Å². The fraction of sp³-hybridized carbons (Fsp3) is 0.345. The van der Waals surface area contributed by atoms with E-state index in [4.69, 9.17) is 4.74 Å². The van der Waals surface area contributed by atoms with Gasteiger partial charge < -0.3 is 9.84 Å². The monoisotopic (exact) mass is 507 g/mol. The molecule has 36 heavy (non-hydrogen) atoms. The third kappa shape index (κ3) is 5.53. The molecule has 0 aliphatic heterocycles. The molecule has 6 nitrogen and oxygen atoms in total. The second kappa shape index (κ2) is 10.2. The summed E-state index contributed by atoms with van der Waals surface area (Å²) >= 11 is 0. The first kappa shape index (κ1) is 26.1. The van der Waals surface area contributed by atoms with Gasteiger partial charge in [-0.1, -0.05) is 92.2 Å². The molecule has 2 unspecified atom stereocenters. The Morgan fingerprint density at radius 1 is 0.972 bits per heavy atom. The van der Waals surface area contributed by atoms with E-state index in [0.717, 1.165) is 16.7 Å². The van der Waals surface area contributed by atoms with E-state index < -0.39 is 39.6 Å². The number of nitrogens with zero attached hydrogens (tertiary/aromatic N) is 1. The van der Waals surface area contributed by atoms with Gasteiger partial charge in [0.15, 0.2) is 0 Å². The van der Waals surface area contributed by atoms with E-state index in [1.165, 1.54) is 4.31 Å². The molecule has 3 aromatic carbocycles. The van der Waals surface area contributed by atoms with Crippen LogP contribution >= 0.6 is 0 Å². The molecule has 0 bridgehead atoms. The fourth-order valence-corrected chi connectivity index (χ4v) is 6.84. The lowest BCUT2D eigenvalue weighted by Crippen LogP contribution is -2.48. The molecule has 7 heteroatoms. The summed E-state index contributed by atoms with van der Waals surface area (Å²) in [5, 5.41) is 11.6. The number of aryl methyl sites for hydroxylation is 1. The van der Waals surface area contributed by atoms with Crippen LogP contribution in [0.4, 0.5) is 0 Å². The summed E-state index contributed by atoms with van der Waals surface area (Å²) in [7, 11) is -4.06. The molecule has 0 heterocycles. The summed E-state index contributed by atoms with van der Waals surface area (Å²) in [5.74, 6) is -0.638. The third-order valence-electron chi connectivity index (χ3n) is 7.00. The largest absolute Gasteiger partial charge is 0.460 e. The number of sulfonamides is 1. The number of esters is 1. The average Bonchev–Trinajstić information content (AvgIpc) is 3.11. The van der Waals surface area contributed by atoms with Crippen LogP contribution in [0.25, 0.3) is 0 Å². The average molecular weight is 508 g/mol. The SMILES string of the molecule is Cc1ccc(S(=O)(=O)N(CC(=O)OCc2ccccc2)C2CC(O)(c3ccccc3)CC2(C)C)cc1. The first-order chi connectivity index (χ1) is 17.0. The lowest BCUT2D eigenvalue weighted by Gasteiger charge is -2.35. The molecule has 1 fully saturated rings. The molecule has 1 saturated carbocycles. The van der Waals surface area contributed by atoms with Gasteiger partial charge in [-0.25, -0.2) is 8.42 Å². The van der Waals surface area contributed by atoms with E-state index in [0.29, 0.717) is 6.42 Å². The molecular formula is C29H33NO5S. The lowest BCUT2D eigenvalue weighted by molar-refractivity contribution is -0.145. The molecule has 0 saturated heterocycles. The maximum atomic E-state index is 13.9. The van der Waals surface area contributed by atoms with E-state index in [9.17, 15) is 18.3 Å². The van der Waals surface area contributed by atoms with Gasteiger partial charge in [-0.3, -0.25) is 4.79 Å². The van der Waals surface area contributed by atoms with Crippen molar-refractivity contribution < 1.29 is 23.1 Å². The van der Waals surface area contributed by atoms with Gasteiger partial charge in [0, 0.05) is 6.04 Å². The maximum Gasteiger partial charge on any atom is 0.321 e. The van der Waals surface area contributed by atoms with Crippen molar-refractivity contribution in [3.63, 3.8) is 0 Å². The molecular weight excluding hydrogens is 474 g/mol. The quantitative estimate of drug-likeness (QED) is 0.443. The van der Waals surface area contributed by atoms with Gasteiger partial charge in [-0.15, -0.1) is 0 Å². The van der Waals surface area contributed by atoms with Crippen molar-refractivity contribution in [3.05, 3.63) is 102 Å². The highest BCUT2D eigenvalue weighted by atomic mass is 32.2. The van der Waals surface area contributed by atoms with Gasteiger partial charge in [0.05, 0.1) is 10.5 Å². The lowest BCUT2D eigenvalue weighted by atomic mass is 9.84. The molecule has 3 aromatic rings. The summed E-state index contributed by atoms with van der Waals surface area (Å²) in [4.78, 5) is 13.1. The summed E-state index contributed by atoms with van der Waals surface area (Å²) in [6, 6.07) is 24.5. The first-order valence-electron chi connectivity index (χ1n) is 12.1. The maximum absolute atomic E-state index is 13.9. The Labute approximate surface area is 213 Å². The summed E-state index contributed by atoms with van der Waals surface area (Å²) < 4.78 is 34.5. The Kier molecular flexibility index (Phi) is 7.36. The standard InChI is InChI=1S/C29H33NO5S/c1-22-14-16-25(17-15-22)36(33,34)30(19-27(31)35-20-23-10-6-4-7-11-23)26-18-29(32,21-28(26,2)3)24-12-8-5-9-13-24/h4-17,26,32H,18-21H2,1-3H3. The van der Waals surface area contributed by atoms with E-state index >= 15 is 0 Å². The van der Waals surface area contributed by atoms with Crippen molar-refractivity contribution in [1.82, 2.24) is 4.31 Å². The molecule has 0 spiro atoms. The Balaban J connectivity index is 1.66. The molecule has 1 aliphatic carbocycles. The molecule has 1 N–H and O–H groups in total. The predicted octanol–water partition coefficient (Wildman–Crippen LogP) is 4.81. The molecule has 0 radical (unpaired) electrons. The molecule has 190 valence electrons. The normalized spacial score (nSPS) is 21.4. The van der Waals surface area contributed by atoms with Crippen molar-refractivity contribution >= 4 is 16.0 Å². The predicted molar refractivity (Wildman–Crippen MR) is 138 cm³/mol. The van der Waals surface area contributed by atoms with Gasteiger partial charge in [0.25, 0.3) is 0 Å². The van der Waals surface area contributed by atoms with E-state index in [2.05, 4.69) is 0 Å². The van der Waals surface area contributed by atoms with Gasteiger partial charge in [0.1, 0.15) is 13.2 Å². The van der Waals surface area contributed by atoms with Gasteiger partial charge in [0.2, 0.25) is 10.0 Å². The highest BCUT2D eigenvalue weighted by Crippen LogP contribution is 2.52. The minimum Gasteiger partial charge on any atom is -0.460 e. The van der Waals surface area contributed by atoms with E-state index in [1.54, 1.807) is 24.3 Å². The zero-order valence-corrected chi connectivity index (χ0v) is 21.7. The number of ether oxygens (including phenoxy) is 1. The zero-order valence-electron chi connectivity index (χ0n) is 20.9. The first-order valence-corrected chi connectivity index (χ1v) is 13.5. The van der Waals surface area contributed by atoms with E-state index in [1.807, 2.05) is 81.4 Å². The number of benzene rings is 3. The molecule has 1 aliphatic rings. The second-order valence-electron chi connectivity index (χ2n) is 10.3. The van der Waals surface area contributed by atoms with Crippen LogP contribution in [0.3, 0.4) is 0 Å². The number of hydrogen-bond acceptors (Lipinski definition) is 5. The van der Waals surface area contributed by atoms with Crippen molar-refractivity contribution in [2.24, 2.45) is 5.41 Å². The third-order valence-corrected chi connectivity index (χ3v) is 8.86. The minimum atomic E-state index is -4.06. The number of rotatable bonds is 8. The van der Waals surface area contributed by atoms with Crippen LogP contribution in [-0.2, 0) is 31.8 Å². The van der Waals surface area contributed by atoms with Crippen LogP contribution in [-0.4, -0.2) is 36.4 Å². The van der Waals surface area contributed by atoms with Gasteiger partial charge in [-0.05, 0) is 48.4 Å². The number of aliphatic hydroxyl groups is 1. The second-order valence-corrected chi connectivity index (χ2v) is 12.2. The van der Waals surface area contributed by atoms with Crippen LogP contribution in [0, 0.1) is 12.3 Å². The summed E-state index contributed by atoms with van der Waals surface area (Å²) in [6.45, 7) is 5.37. The molecule has 4 rings (SSSR count). The Bertz CT molecular complexity index is 1290. The summed E-state index contributed by atoms with van der Waals surface area (Å²) in [6.07, 6.45) is 0.523. The zero-order chi connectivity index (χ0) is 26.0. The summed E-state index contributed by atoms with van der Waals surface area (Å²) in [5.41, 5.74) is 0.660. The molecule has 2 atom stereocenters. The fourth-order valence-electron chi connectivity index (χ4n) is 5.12. The van der Waals surface area contributed by atoms with Crippen molar-refractivity contribution in [3.8, 4) is 0 Å². The number of carbonyl (C=O) groups is 1. The van der Waals surface area contributed by atoms with Crippen molar-refractivity contribution in [2.45, 2.75) is 56.8 Å². The van der Waals surface area contributed by atoms with Gasteiger partial charge >= 0.3 is 5.97 Å². The van der Waals surface area contributed by atoms with Crippen molar-refractivity contribution in [1.29, 1.82) is 0 Å². The van der Waals surface area contributed by atoms with Crippen LogP contribution < -0.4 is 0 Å².